The number of nitrogens with zero attached hydrogens (tertiary/aromatic N) is 3. The largest absolute Gasteiger partial charge is 0.370 e. The van der Waals surface area contributed by atoms with Gasteiger partial charge >= 0.3 is 0 Å². The van der Waals surface area contributed by atoms with Gasteiger partial charge in [-0.2, -0.15) is 0 Å². The van der Waals surface area contributed by atoms with Crippen molar-refractivity contribution in [2.75, 3.05) is 32.7 Å². The molecule has 1 aliphatic rings. The van der Waals surface area contributed by atoms with E-state index in [4.69, 9.17) is 5.73 Å². The number of rotatable bonds is 6. The van der Waals surface area contributed by atoms with E-state index in [2.05, 4.69) is 42.5 Å². The lowest BCUT2D eigenvalue weighted by atomic mass is 10.0. The van der Waals surface area contributed by atoms with Crippen molar-refractivity contribution in [1.82, 2.24) is 9.80 Å². The van der Waals surface area contributed by atoms with Crippen LogP contribution < -0.4 is 5.73 Å². The monoisotopic (exact) mass is 382 g/mol. The highest BCUT2D eigenvalue weighted by Crippen LogP contribution is 2.17. The third-order valence-electron chi connectivity index (χ3n) is 3.91. The molecule has 4 nitrogen and oxygen atoms in total. The summed E-state index contributed by atoms with van der Waals surface area (Å²) in [5, 5.41) is 0. The Morgan fingerprint density at radius 2 is 1.74 bits per heavy atom. The molecule has 1 aliphatic heterocycles. The predicted octanol–water partition coefficient (Wildman–Crippen LogP) is 2.38. The van der Waals surface area contributed by atoms with Crippen LogP contribution in [0.4, 0.5) is 0 Å². The number of likely N-dealkylation sites (tertiary alicyclic amines) is 1. The zero-order valence-corrected chi connectivity index (χ0v) is 15.3. The molecule has 0 amide bonds. The van der Waals surface area contributed by atoms with Crippen LogP contribution in [-0.2, 0) is 0 Å². The summed E-state index contributed by atoms with van der Waals surface area (Å²) in [6.45, 7) is 14.0. The molecule has 19 heavy (non-hydrogen) atoms. The summed E-state index contributed by atoms with van der Waals surface area (Å²) in [6.07, 6.45) is 2.66. The molecule has 1 rings (SSSR count). The van der Waals surface area contributed by atoms with E-state index in [-0.39, 0.29) is 24.0 Å². The third kappa shape index (κ3) is 5.85. The van der Waals surface area contributed by atoms with E-state index < -0.39 is 0 Å². The van der Waals surface area contributed by atoms with Crippen molar-refractivity contribution in [2.24, 2.45) is 16.6 Å². The van der Waals surface area contributed by atoms with Crippen molar-refractivity contribution in [3.63, 3.8) is 0 Å². The van der Waals surface area contributed by atoms with Gasteiger partial charge in [0.25, 0.3) is 0 Å². The SMILES string of the molecule is CCN(CC)C(N)=NCC(C(C)C)N1CCCC1.I. The lowest BCUT2D eigenvalue weighted by Crippen LogP contribution is -2.42. The lowest BCUT2D eigenvalue weighted by Gasteiger charge is -2.30. The van der Waals surface area contributed by atoms with Gasteiger partial charge in [0.1, 0.15) is 0 Å². The van der Waals surface area contributed by atoms with E-state index in [1.54, 1.807) is 0 Å². The number of halogens is 1. The predicted molar refractivity (Wildman–Crippen MR) is 94.3 cm³/mol. The molecule has 0 aliphatic carbocycles. The van der Waals surface area contributed by atoms with Crippen molar-refractivity contribution in [3.05, 3.63) is 0 Å². The summed E-state index contributed by atoms with van der Waals surface area (Å²) >= 11 is 0. The second-order valence-electron chi connectivity index (χ2n) is 5.43. The second-order valence-corrected chi connectivity index (χ2v) is 5.43. The van der Waals surface area contributed by atoms with Crippen molar-refractivity contribution in [1.29, 1.82) is 0 Å². The third-order valence-corrected chi connectivity index (χ3v) is 3.91. The van der Waals surface area contributed by atoms with Crippen LogP contribution in [0.5, 0.6) is 0 Å². The average molecular weight is 382 g/mol. The van der Waals surface area contributed by atoms with Gasteiger partial charge in [0.15, 0.2) is 5.96 Å². The Hall–Kier alpha value is -0.0400. The highest BCUT2D eigenvalue weighted by molar-refractivity contribution is 14.0. The number of aliphatic imine (C=N–C) groups is 1. The fraction of sp³-hybridized carbons (Fsp3) is 0.929. The van der Waals surface area contributed by atoms with Crippen LogP contribution in [-0.4, -0.2) is 54.5 Å². The summed E-state index contributed by atoms with van der Waals surface area (Å²) in [6, 6.07) is 0.543. The number of nitrogens with two attached hydrogens (primary N) is 1. The topological polar surface area (TPSA) is 44.9 Å². The Kier molecular flexibility index (Phi) is 9.78. The molecule has 1 heterocycles. The van der Waals surface area contributed by atoms with Gasteiger partial charge in [0.2, 0.25) is 0 Å². The van der Waals surface area contributed by atoms with Crippen LogP contribution in [0, 0.1) is 5.92 Å². The summed E-state index contributed by atoms with van der Waals surface area (Å²) in [4.78, 5) is 9.30. The molecular formula is C14H31IN4. The maximum absolute atomic E-state index is 6.04. The molecule has 1 fully saturated rings. The van der Waals surface area contributed by atoms with E-state index in [1.165, 1.54) is 25.9 Å². The maximum atomic E-state index is 6.04. The highest BCUT2D eigenvalue weighted by Gasteiger charge is 2.24. The minimum atomic E-state index is 0. The molecule has 1 unspecified atom stereocenters. The van der Waals surface area contributed by atoms with Gasteiger partial charge in [-0.05, 0) is 45.7 Å². The molecular weight excluding hydrogens is 351 g/mol. The van der Waals surface area contributed by atoms with Crippen LogP contribution in [0.15, 0.2) is 4.99 Å². The first-order chi connectivity index (χ1) is 8.60. The minimum absolute atomic E-state index is 0. The summed E-state index contributed by atoms with van der Waals surface area (Å²) in [5.74, 6) is 1.33. The number of hydrogen-bond acceptors (Lipinski definition) is 2. The fourth-order valence-corrected chi connectivity index (χ4v) is 2.66. The molecule has 114 valence electrons. The smallest absolute Gasteiger partial charge is 0.191 e. The van der Waals surface area contributed by atoms with Crippen LogP contribution >= 0.6 is 24.0 Å². The van der Waals surface area contributed by atoms with Gasteiger partial charge < -0.3 is 10.6 Å². The zero-order chi connectivity index (χ0) is 13.5. The van der Waals surface area contributed by atoms with Crippen molar-refractivity contribution >= 4 is 29.9 Å². The highest BCUT2D eigenvalue weighted by atomic mass is 127. The molecule has 0 spiro atoms. The number of guanidine groups is 1. The molecule has 0 saturated carbocycles. The van der Waals surface area contributed by atoms with Crippen molar-refractivity contribution in [2.45, 2.75) is 46.6 Å². The molecule has 2 N–H and O–H groups in total. The van der Waals surface area contributed by atoms with E-state index >= 15 is 0 Å². The van der Waals surface area contributed by atoms with E-state index in [0.29, 0.717) is 17.9 Å². The van der Waals surface area contributed by atoms with Crippen molar-refractivity contribution in [3.8, 4) is 0 Å². The Balaban J connectivity index is 0.00000324. The molecule has 5 heteroatoms. The second kappa shape index (κ2) is 9.80. The molecule has 1 atom stereocenters. The van der Waals surface area contributed by atoms with E-state index in [0.717, 1.165) is 19.6 Å². The maximum Gasteiger partial charge on any atom is 0.191 e. The zero-order valence-electron chi connectivity index (χ0n) is 12.9. The van der Waals surface area contributed by atoms with Crippen LogP contribution in [0.2, 0.25) is 0 Å². The first kappa shape index (κ1) is 19.0. The van der Waals surface area contributed by atoms with Gasteiger partial charge in [-0.3, -0.25) is 9.89 Å². The van der Waals surface area contributed by atoms with Crippen LogP contribution in [0.1, 0.15) is 40.5 Å². The summed E-state index contributed by atoms with van der Waals surface area (Å²) in [7, 11) is 0. The minimum Gasteiger partial charge on any atom is -0.370 e. The van der Waals surface area contributed by atoms with Crippen LogP contribution in [0.3, 0.4) is 0 Å². The Morgan fingerprint density at radius 3 is 2.16 bits per heavy atom. The first-order valence-corrected chi connectivity index (χ1v) is 7.39. The summed E-state index contributed by atoms with van der Waals surface area (Å²) in [5.41, 5.74) is 6.04. The summed E-state index contributed by atoms with van der Waals surface area (Å²) < 4.78 is 0. The first-order valence-electron chi connectivity index (χ1n) is 7.39. The molecule has 0 aromatic heterocycles. The quantitative estimate of drug-likeness (QED) is 0.436. The molecule has 0 aromatic carbocycles. The Morgan fingerprint density at radius 1 is 1.21 bits per heavy atom. The number of hydrogen-bond donors (Lipinski definition) is 1. The fourth-order valence-electron chi connectivity index (χ4n) is 2.66. The molecule has 0 aromatic rings. The van der Waals surface area contributed by atoms with Gasteiger partial charge in [-0.15, -0.1) is 24.0 Å². The lowest BCUT2D eigenvalue weighted by molar-refractivity contribution is 0.197. The van der Waals surface area contributed by atoms with E-state index in [9.17, 15) is 0 Å². The van der Waals surface area contributed by atoms with Crippen LogP contribution in [0.25, 0.3) is 0 Å². The van der Waals surface area contributed by atoms with Gasteiger partial charge in [0, 0.05) is 19.1 Å². The van der Waals surface area contributed by atoms with Gasteiger partial charge in [0.05, 0.1) is 6.54 Å². The molecule has 1 saturated heterocycles. The van der Waals surface area contributed by atoms with Crippen molar-refractivity contribution < 1.29 is 0 Å². The average Bonchev–Trinajstić information content (AvgIpc) is 2.84. The normalized spacial score (nSPS) is 18.5. The standard InChI is InChI=1S/C14H30N4.HI/c1-5-17(6-2)14(15)16-11-13(12(3)4)18-9-7-8-10-18;/h12-13H,5-11H2,1-4H3,(H2,15,16);1H. The Bertz CT molecular complexity index is 258. The van der Waals surface area contributed by atoms with E-state index in [1.807, 2.05) is 0 Å². The Labute approximate surface area is 135 Å². The van der Waals surface area contributed by atoms with Gasteiger partial charge in [-0.1, -0.05) is 13.8 Å². The van der Waals surface area contributed by atoms with Gasteiger partial charge in [-0.25, -0.2) is 0 Å². The molecule has 0 bridgehead atoms. The molecule has 0 radical (unpaired) electrons.